The molecule has 0 radical (unpaired) electrons. The molecule has 2 heteroatoms. The van der Waals surface area contributed by atoms with Crippen LogP contribution in [0, 0.1) is 5.92 Å². The Morgan fingerprint density at radius 1 is 0.957 bits per heavy atom. The van der Waals surface area contributed by atoms with Crippen LogP contribution in [0.15, 0.2) is 60.7 Å². The van der Waals surface area contributed by atoms with Crippen molar-refractivity contribution >= 4 is 5.91 Å². The first kappa shape index (κ1) is 15.8. The van der Waals surface area contributed by atoms with E-state index in [1.54, 1.807) is 0 Å². The maximum Gasteiger partial charge on any atom is 0.223 e. The summed E-state index contributed by atoms with van der Waals surface area (Å²) in [5.74, 6) is 0.461. The molecule has 1 saturated carbocycles. The highest BCUT2D eigenvalue weighted by Crippen LogP contribution is 2.27. The summed E-state index contributed by atoms with van der Waals surface area (Å²) >= 11 is 0. The highest BCUT2D eigenvalue weighted by Gasteiger charge is 2.25. The molecule has 2 nitrogen and oxygen atoms in total. The second-order valence-corrected chi connectivity index (χ2v) is 6.48. The third kappa shape index (κ3) is 4.44. The van der Waals surface area contributed by atoms with Gasteiger partial charge < -0.3 is 5.32 Å². The Morgan fingerprint density at radius 3 is 2.22 bits per heavy atom. The zero-order valence-corrected chi connectivity index (χ0v) is 13.6. The van der Waals surface area contributed by atoms with Crippen molar-refractivity contribution in [3.05, 3.63) is 71.8 Å². The van der Waals surface area contributed by atoms with Crippen molar-refractivity contribution in [3.63, 3.8) is 0 Å². The number of carbonyl (C=O) groups is 1. The molecule has 0 bridgehead atoms. The van der Waals surface area contributed by atoms with Gasteiger partial charge in [-0.3, -0.25) is 4.79 Å². The number of hydrogen-bond acceptors (Lipinski definition) is 1. The van der Waals surface area contributed by atoms with Gasteiger partial charge in [0.25, 0.3) is 0 Å². The van der Waals surface area contributed by atoms with Crippen molar-refractivity contribution in [3.8, 4) is 0 Å². The van der Waals surface area contributed by atoms with Crippen molar-refractivity contribution in [2.45, 2.75) is 44.6 Å². The smallest absolute Gasteiger partial charge is 0.223 e. The van der Waals surface area contributed by atoms with E-state index in [1.165, 1.54) is 24.0 Å². The van der Waals surface area contributed by atoms with Gasteiger partial charge in [-0.15, -0.1) is 0 Å². The Kier molecular flexibility index (Phi) is 5.46. The molecular weight excluding hydrogens is 282 g/mol. The highest BCUT2D eigenvalue weighted by molar-refractivity contribution is 5.79. The van der Waals surface area contributed by atoms with Gasteiger partial charge in [-0.2, -0.15) is 0 Å². The number of hydrogen-bond donors (Lipinski definition) is 1. The zero-order chi connectivity index (χ0) is 15.9. The standard InChI is InChI=1S/C21H25NO/c23-21(19-13-7-8-14-19)22-20(18-11-5-2-6-12-18)16-15-17-9-3-1-4-10-17/h1-6,9-12,19-20H,7-8,13-16H2,(H,22,23). The Bertz CT molecular complexity index is 602. The number of amides is 1. The van der Waals surface area contributed by atoms with Gasteiger partial charge in [0.1, 0.15) is 0 Å². The van der Waals surface area contributed by atoms with Crippen molar-refractivity contribution in [1.29, 1.82) is 0 Å². The first-order valence-electron chi connectivity index (χ1n) is 8.72. The van der Waals surface area contributed by atoms with Crippen LogP contribution in [0.1, 0.15) is 49.3 Å². The van der Waals surface area contributed by atoms with Crippen LogP contribution in [0.5, 0.6) is 0 Å². The predicted octanol–water partition coefficient (Wildman–Crippen LogP) is 4.67. The molecule has 1 N–H and O–H groups in total. The summed E-state index contributed by atoms with van der Waals surface area (Å²) < 4.78 is 0. The summed E-state index contributed by atoms with van der Waals surface area (Å²) in [6.45, 7) is 0. The lowest BCUT2D eigenvalue weighted by Gasteiger charge is -2.21. The van der Waals surface area contributed by atoms with Crippen LogP contribution in [0.4, 0.5) is 0 Å². The van der Waals surface area contributed by atoms with Gasteiger partial charge in [0.2, 0.25) is 5.91 Å². The van der Waals surface area contributed by atoms with Crippen LogP contribution in [-0.4, -0.2) is 5.91 Å². The molecule has 1 amide bonds. The van der Waals surface area contributed by atoms with Crippen molar-refractivity contribution in [2.24, 2.45) is 5.92 Å². The predicted molar refractivity (Wildman–Crippen MR) is 94.0 cm³/mol. The van der Waals surface area contributed by atoms with Crippen LogP contribution in [0.2, 0.25) is 0 Å². The maximum absolute atomic E-state index is 12.5. The molecule has 0 aromatic heterocycles. The summed E-state index contributed by atoms with van der Waals surface area (Å²) in [5, 5.41) is 3.31. The SMILES string of the molecule is O=C(NC(CCc1ccccc1)c1ccccc1)C1CCCC1. The summed E-state index contributed by atoms with van der Waals surface area (Å²) in [4.78, 5) is 12.5. The third-order valence-electron chi connectivity index (χ3n) is 4.81. The molecular formula is C21H25NO. The molecule has 23 heavy (non-hydrogen) atoms. The number of carbonyl (C=O) groups excluding carboxylic acids is 1. The quantitative estimate of drug-likeness (QED) is 0.825. The minimum atomic E-state index is 0.101. The number of rotatable bonds is 6. The summed E-state index contributed by atoms with van der Waals surface area (Å²) in [6, 6.07) is 20.9. The Morgan fingerprint density at radius 2 is 1.57 bits per heavy atom. The lowest BCUT2D eigenvalue weighted by Crippen LogP contribution is -2.33. The first-order valence-corrected chi connectivity index (χ1v) is 8.72. The Balaban J connectivity index is 1.67. The van der Waals surface area contributed by atoms with E-state index in [-0.39, 0.29) is 17.9 Å². The zero-order valence-electron chi connectivity index (χ0n) is 13.6. The molecule has 1 aliphatic rings. The van der Waals surface area contributed by atoms with E-state index in [4.69, 9.17) is 0 Å². The molecule has 0 aliphatic heterocycles. The van der Waals surface area contributed by atoms with E-state index in [1.807, 2.05) is 24.3 Å². The topological polar surface area (TPSA) is 29.1 Å². The molecule has 3 rings (SSSR count). The second kappa shape index (κ2) is 7.96. The largest absolute Gasteiger partial charge is 0.349 e. The van der Waals surface area contributed by atoms with Crippen LogP contribution in [0.3, 0.4) is 0 Å². The monoisotopic (exact) mass is 307 g/mol. The molecule has 120 valence electrons. The van der Waals surface area contributed by atoms with E-state index in [9.17, 15) is 4.79 Å². The van der Waals surface area contributed by atoms with Crippen LogP contribution in [0.25, 0.3) is 0 Å². The summed E-state index contributed by atoms with van der Waals surface area (Å²) in [7, 11) is 0. The van der Waals surface area contributed by atoms with E-state index in [0.29, 0.717) is 0 Å². The average molecular weight is 307 g/mol. The molecule has 0 spiro atoms. The van der Waals surface area contributed by atoms with Crippen LogP contribution in [-0.2, 0) is 11.2 Å². The lowest BCUT2D eigenvalue weighted by molar-refractivity contribution is -0.125. The van der Waals surface area contributed by atoms with Gasteiger partial charge in [-0.1, -0.05) is 73.5 Å². The minimum absolute atomic E-state index is 0.101. The van der Waals surface area contributed by atoms with E-state index >= 15 is 0 Å². The molecule has 1 fully saturated rings. The number of benzene rings is 2. The molecule has 1 unspecified atom stereocenters. The fraction of sp³-hybridized carbons (Fsp3) is 0.381. The van der Waals surface area contributed by atoms with Crippen molar-refractivity contribution in [1.82, 2.24) is 5.32 Å². The lowest BCUT2D eigenvalue weighted by atomic mass is 9.97. The van der Waals surface area contributed by atoms with Crippen molar-refractivity contribution in [2.75, 3.05) is 0 Å². The minimum Gasteiger partial charge on any atom is -0.349 e. The van der Waals surface area contributed by atoms with Gasteiger partial charge in [0.15, 0.2) is 0 Å². The molecule has 1 aliphatic carbocycles. The number of aryl methyl sites for hydroxylation is 1. The molecule has 0 heterocycles. The third-order valence-corrected chi connectivity index (χ3v) is 4.81. The fourth-order valence-corrected chi connectivity index (χ4v) is 3.44. The average Bonchev–Trinajstić information content (AvgIpc) is 3.15. The molecule has 0 saturated heterocycles. The summed E-state index contributed by atoms with van der Waals surface area (Å²) in [5.41, 5.74) is 2.53. The van der Waals surface area contributed by atoms with E-state index in [0.717, 1.165) is 25.7 Å². The molecule has 1 atom stereocenters. The van der Waals surface area contributed by atoms with E-state index in [2.05, 4.69) is 41.7 Å². The first-order chi connectivity index (χ1) is 11.3. The number of nitrogens with one attached hydrogen (secondary N) is 1. The Hall–Kier alpha value is -2.09. The highest BCUT2D eigenvalue weighted by atomic mass is 16.1. The van der Waals surface area contributed by atoms with Crippen LogP contribution >= 0.6 is 0 Å². The summed E-state index contributed by atoms with van der Waals surface area (Å²) in [6.07, 6.45) is 6.39. The van der Waals surface area contributed by atoms with Gasteiger partial charge in [0.05, 0.1) is 6.04 Å². The van der Waals surface area contributed by atoms with Gasteiger partial charge in [-0.05, 0) is 36.8 Å². The van der Waals surface area contributed by atoms with E-state index < -0.39 is 0 Å². The fourth-order valence-electron chi connectivity index (χ4n) is 3.44. The van der Waals surface area contributed by atoms with Crippen LogP contribution < -0.4 is 5.32 Å². The van der Waals surface area contributed by atoms with Gasteiger partial charge in [-0.25, -0.2) is 0 Å². The molecule has 2 aromatic rings. The van der Waals surface area contributed by atoms with Crippen molar-refractivity contribution < 1.29 is 4.79 Å². The van der Waals surface area contributed by atoms with Gasteiger partial charge in [0, 0.05) is 5.92 Å². The normalized spacial score (nSPS) is 16.2. The Labute approximate surface area is 138 Å². The molecule has 2 aromatic carbocycles. The second-order valence-electron chi connectivity index (χ2n) is 6.48. The van der Waals surface area contributed by atoms with Gasteiger partial charge >= 0.3 is 0 Å². The maximum atomic E-state index is 12.5.